The molecule has 5 nitrogen and oxygen atoms in total. The molecule has 0 amide bonds. The van der Waals surface area contributed by atoms with Gasteiger partial charge in [0, 0.05) is 26.4 Å². The lowest BCUT2D eigenvalue weighted by atomic mass is 9.86. The maximum atomic E-state index is 12.2. The van der Waals surface area contributed by atoms with E-state index in [0.29, 0.717) is 12.4 Å². The molecule has 0 saturated heterocycles. The highest BCUT2D eigenvalue weighted by atomic mass is 16.6. The van der Waals surface area contributed by atoms with Gasteiger partial charge in [0.05, 0.1) is 17.9 Å². The Morgan fingerprint density at radius 3 is 2.23 bits per heavy atom. The van der Waals surface area contributed by atoms with E-state index >= 15 is 0 Å². The zero-order chi connectivity index (χ0) is 22.0. The van der Waals surface area contributed by atoms with Crippen molar-refractivity contribution in [1.29, 1.82) is 0 Å². The van der Waals surface area contributed by atoms with E-state index in [1.54, 1.807) is 0 Å². The molecule has 2 aromatic rings. The molecule has 4 rings (SSSR count). The first-order chi connectivity index (χ1) is 15.0. The third kappa shape index (κ3) is 4.02. The highest BCUT2D eigenvalue weighted by Crippen LogP contribution is 2.72. The van der Waals surface area contributed by atoms with E-state index in [1.165, 1.54) is 13.8 Å². The Hall–Kier alpha value is -2.92. The summed E-state index contributed by atoms with van der Waals surface area (Å²) in [5, 5.41) is 0. The zero-order valence-corrected chi connectivity index (χ0v) is 18.1. The number of fused-ring (bicyclic) bond motifs is 1. The van der Waals surface area contributed by atoms with Crippen LogP contribution >= 0.6 is 0 Å². The first-order valence-electron chi connectivity index (χ1n) is 10.8. The third-order valence-corrected chi connectivity index (χ3v) is 6.24. The molecule has 0 N–H and O–H groups in total. The Bertz CT molecular complexity index is 968. The van der Waals surface area contributed by atoms with Gasteiger partial charge < -0.3 is 14.2 Å². The third-order valence-electron chi connectivity index (χ3n) is 6.24. The number of benzene rings is 2. The molecule has 2 fully saturated rings. The van der Waals surface area contributed by atoms with Crippen LogP contribution in [-0.2, 0) is 23.8 Å². The molecule has 2 saturated carbocycles. The average Bonchev–Trinajstić information content (AvgIpc) is 3.22. The molecule has 162 valence electrons. The summed E-state index contributed by atoms with van der Waals surface area (Å²) in [5.74, 6) is -0.506. The van der Waals surface area contributed by atoms with Crippen LogP contribution in [0.1, 0.15) is 44.2 Å². The Morgan fingerprint density at radius 1 is 1.00 bits per heavy atom. The Labute approximate surface area is 183 Å². The molecule has 0 heterocycles. The lowest BCUT2D eigenvalue weighted by Gasteiger charge is -2.31. The molecule has 0 aliphatic heterocycles. The van der Waals surface area contributed by atoms with Crippen LogP contribution in [0.5, 0.6) is 0 Å². The molecule has 0 spiro atoms. The van der Waals surface area contributed by atoms with Crippen LogP contribution in [0, 0.1) is 11.8 Å². The second-order valence-electron chi connectivity index (χ2n) is 8.20. The Morgan fingerprint density at radius 2 is 1.65 bits per heavy atom. The second kappa shape index (κ2) is 8.67. The van der Waals surface area contributed by atoms with Crippen LogP contribution in [0.3, 0.4) is 0 Å². The van der Waals surface area contributed by atoms with Gasteiger partial charge in [-0.15, -0.1) is 0 Å². The van der Waals surface area contributed by atoms with Crippen molar-refractivity contribution in [1.82, 2.24) is 0 Å². The summed E-state index contributed by atoms with van der Waals surface area (Å²) in [4.78, 5) is 24.2. The first kappa shape index (κ1) is 21.3. The summed E-state index contributed by atoms with van der Waals surface area (Å²) in [5.41, 5.74) is 1.21. The molecule has 0 aromatic heterocycles. The summed E-state index contributed by atoms with van der Waals surface area (Å²) in [6.07, 6.45) is 2.55. The van der Waals surface area contributed by atoms with Crippen molar-refractivity contribution < 1.29 is 23.8 Å². The minimum atomic E-state index is -0.789. The zero-order valence-electron chi connectivity index (χ0n) is 18.1. The normalized spacial score (nSPS) is 29.2. The second-order valence-corrected chi connectivity index (χ2v) is 8.20. The van der Waals surface area contributed by atoms with Crippen molar-refractivity contribution in [2.75, 3.05) is 6.61 Å². The summed E-state index contributed by atoms with van der Waals surface area (Å²) < 4.78 is 17.9. The predicted molar refractivity (Wildman–Crippen MR) is 117 cm³/mol. The van der Waals surface area contributed by atoms with Crippen LogP contribution in [0.15, 0.2) is 66.4 Å². The predicted octanol–water partition coefficient (Wildman–Crippen LogP) is 4.73. The van der Waals surface area contributed by atoms with Gasteiger partial charge in [-0.25, -0.2) is 0 Å². The molecule has 2 aliphatic carbocycles. The fourth-order valence-electron chi connectivity index (χ4n) is 5.33. The van der Waals surface area contributed by atoms with E-state index in [1.807, 2.05) is 73.7 Å². The number of ether oxygens (including phenoxy) is 3. The maximum absolute atomic E-state index is 12.2. The van der Waals surface area contributed by atoms with Crippen LogP contribution in [0.4, 0.5) is 0 Å². The van der Waals surface area contributed by atoms with Gasteiger partial charge in [-0.1, -0.05) is 60.7 Å². The molecule has 0 bridgehead atoms. The smallest absolute Gasteiger partial charge is 0.307 e. The highest BCUT2D eigenvalue weighted by molar-refractivity contribution is 5.71. The van der Waals surface area contributed by atoms with Crippen molar-refractivity contribution in [3.05, 3.63) is 77.5 Å². The van der Waals surface area contributed by atoms with Crippen molar-refractivity contribution in [3.63, 3.8) is 0 Å². The number of carbonyl (C=O) groups excluding carboxylic acids is 2. The number of carbonyl (C=O) groups is 2. The van der Waals surface area contributed by atoms with Gasteiger partial charge in [0.15, 0.2) is 0 Å². The molecular weight excluding hydrogens is 392 g/mol. The molecule has 2 aromatic carbocycles. The van der Waals surface area contributed by atoms with Crippen LogP contribution in [0.2, 0.25) is 0 Å². The van der Waals surface area contributed by atoms with E-state index < -0.39 is 5.60 Å². The van der Waals surface area contributed by atoms with E-state index in [0.717, 1.165) is 17.5 Å². The van der Waals surface area contributed by atoms with Crippen LogP contribution in [0.25, 0.3) is 6.08 Å². The summed E-state index contributed by atoms with van der Waals surface area (Å²) >= 11 is 0. The van der Waals surface area contributed by atoms with Crippen LogP contribution in [-0.4, -0.2) is 30.3 Å². The van der Waals surface area contributed by atoms with Crippen LogP contribution < -0.4 is 0 Å². The van der Waals surface area contributed by atoms with Crippen molar-refractivity contribution in [2.45, 2.75) is 44.8 Å². The number of hydrogen-bond donors (Lipinski definition) is 0. The van der Waals surface area contributed by atoms with E-state index in [2.05, 4.69) is 0 Å². The Balaban J connectivity index is 1.78. The average molecular weight is 421 g/mol. The highest BCUT2D eigenvalue weighted by Gasteiger charge is 2.79. The molecule has 0 unspecified atom stereocenters. The SMILES string of the molecule is CCO[C@H]1C[C@H]2[C@H](/C(=C/c3ccccc3)OC(C)=O)[C@@]2(OC(C)=O)[C@@H]1c1ccccc1. The van der Waals surface area contributed by atoms with E-state index in [9.17, 15) is 9.59 Å². The minimum absolute atomic E-state index is 0.0208. The monoisotopic (exact) mass is 420 g/mol. The van der Waals surface area contributed by atoms with Crippen molar-refractivity contribution in [2.24, 2.45) is 11.8 Å². The number of hydrogen-bond acceptors (Lipinski definition) is 5. The summed E-state index contributed by atoms with van der Waals surface area (Å²) in [6.45, 7) is 5.39. The van der Waals surface area contributed by atoms with Gasteiger partial charge >= 0.3 is 11.9 Å². The summed E-state index contributed by atoms with van der Waals surface area (Å²) in [6, 6.07) is 19.7. The van der Waals surface area contributed by atoms with Gasteiger partial charge in [0.25, 0.3) is 0 Å². The van der Waals surface area contributed by atoms with Gasteiger partial charge in [-0.2, -0.15) is 0 Å². The first-order valence-corrected chi connectivity index (χ1v) is 10.8. The minimum Gasteiger partial charge on any atom is -0.457 e. The van der Waals surface area contributed by atoms with Gasteiger partial charge in [-0.3, -0.25) is 9.59 Å². The number of rotatable bonds is 7. The topological polar surface area (TPSA) is 61.8 Å². The van der Waals surface area contributed by atoms with Crippen molar-refractivity contribution in [3.8, 4) is 0 Å². The molecular formula is C26H28O5. The largest absolute Gasteiger partial charge is 0.457 e. The van der Waals surface area contributed by atoms with Crippen molar-refractivity contribution >= 4 is 18.0 Å². The number of esters is 2. The molecule has 31 heavy (non-hydrogen) atoms. The summed E-state index contributed by atoms with van der Waals surface area (Å²) in [7, 11) is 0. The molecule has 0 radical (unpaired) electrons. The van der Waals surface area contributed by atoms with Gasteiger partial charge in [0.2, 0.25) is 0 Å². The molecule has 5 heteroatoms. The lowest BCUT2D eigenvalue weighted by molar-refractivity contribution is -0.152. The maximum Gasteiger partial charge on any atom is 0.307 e. The molecule has 5 atom stereocenters. The van der Waals surface area contributed by atoms with Gasteiger partial charge in [-0.05, 0) is 30.5 Å². The van der Waals surface area contributed by atoms with Gasteiger partial charge in [0.1, 0.15) is 11.4 Å². The molecule has 2 aliphatic rings. The quantitative estimate of drug-likeness (QED) is 0.479. The fourth-order valence-corrected chi connectivity index (χ4v) is 5.33. The fraction of sp³-hybridized carbons (Fsp3) is 0.385. The van der Waals surface area contributed by atoms with E-state index in [-0.39, 0.29) is 35.8 Å². The van der Waals surface area contributed by atoms with E-state index in [4.69, 9.17) is 14.2 Å². The standard InChI is InChI=1S/C26H28O5/c1-4-29-22-16-21-25(23(30-17(2)27)15-19-11-7-5-8-12-19)26(21,31-18(3)28)24(22)20-13-9-6-10-14-20/h5-15,21-22,24-25H,4,16H2,1-3H3/b23-15-/t21-,22-,24+,25+,26-/m0/s1. The Kier molecular flexibility index (Phi) is 5.96. The lowest BCUT2D eigenvalue weighted by Crippen LogP contribution is -2.35.